The zero-order valence-corrected chi connectivity index (χ0v) is 20.2. The lowest BCUT2D eigenvalue weighted by Gasteiger charge is -2.32. The Morgan fingerprint density at radius 3 is 2.27 bits per heavy atom. The fourth-order valence-electron chi connectivity index (χ4n) is 4.84. The van der Waals surface area contributed by atoms with Gasteiger partial charge in [0.25, 0.3) is 5.91 Å². The lowest BCUT2D eigenvalue weighted by molar-refractivity contribution is 0.102. The van der Waals surface area contributed by atoms with Gasteiger partial charge in [0, 0.05) is 17.8 Å². The number of carbonyl (C=O) groups is 1. The number of rotatable bonds is 7. The summed E-state index contributed by atoms with van der Waals surface area (Å²) < 4.78 is 0. The van der Waals surface area contributed by atoms with E-state index >= 15 is 0 Å². The predicted octanol–water partition coefficient (Wildman–Crippen LogP) is 6.83. The molecule has 0 saturated carbocycles. The van der Waals surface area contributed by atoms with Gasteiger partial charge in [-0.1, -0.05) is 74.5 Å². The van der Waals surface area contributed by atoms with Crippen LogP contribution in [0.4, 0.5) is 5.69 Å². The highest BCUT2D eigenvalue weighted by Crippen LogP contribution is 2.28. The summed E-state index contributed by atoms with van der Waals surface area (Å²) >= 11 is 0. The van der Waals surface area contributed by atoms with E-state index < -0.39 is 0 Å². The molecule has 0 aliphatic carbocycles. The Balaban J connectivity index is 1.31. The first-order valence-electron chi connectivity index (χ1n) is 12.3. The van der Waals surface area contributed by atoms with Crippen molar-refractivity contribution in [3.63, 3.8) is 0 Å². The maximum absolute atomic E-state index is 12.9. The molecular weight excluding hydrogens is 404 g/mol. The van der Waals surface area contributed by atoms with Crippen LogP contribution in [0.15, 0.2) is 72.8 Å². The van der Waals surface area contributed by atoms with Gasteiger partial charge in [-0.25, -0.2) is 0 Å². The highest BCUT2D eigenvalue weighted by molar-refractivity contribution is 6.05. The van der Waals surface area contributed by atoms with Crippen molar-refractivity contribution < 1.29 is 4.79 Å². The van der Waals surface area contributed by atoms with E-state index in [9.17, 15) is 4.79 Å². The van der Waals surface area contributed by atoms with Crippen molar-refractivity contribution in [1.29, 1.82) is 0 Å². The lowest BCUT2D eigenvalue weighted by atomic mass is 9.90. The number of likely N-dealkylation sites (tertiary alicyclic amines) is 1. The molecular formula is C30H36N2O. The van der Waals surface area contributed by atoms with Gasteiger partial charge in [-0.05, 0) is 85.5 Å². The van der Waals surface area contributed by atoms with E-state index in [1.165, 1.54) is 36.0 Å². The van der Waals surface area contributed by atoms with Gasteiger partial charge in [0.05, 0.1) is 0 Å². The first-order chi connectivity index (χ1) is 16.0. The summed E-state index contributed by atoms with van der Waals surface area (Å²) in [5.74, 6) is 1.10. The van der Waals surface area contributed by atoms with E-state index in [2.05, 4.69) is 78.7 Å². The number of benzene rings is 3. The quantitative estimate of drug-likeness (QED) is 0.437. The van der Waals surface area contributed by atoms with Crippen molar-refractivity contribution in [3.05, 3.63) is 101 Å². The molecule has 0 bridgehead atoms. The van der Waals surface area contributed by atoms with Crippen LogP contribution in [0.25, 0.3) is 0 Å². The second-order valence-corrected chi connectivity index (χ2v) is 9.75. The Morgan fingerprint density at radius 2 is 1.61 bits per heavy atom. The standard InChI is InChI=1S/C30H36N2O/c1-22(2)28-11-7-8-23(3)29(28)31-30(33)27-14-12-26(13-15-27)21-32-18-16-25(17-19-32)20-24-9-5-4-6-10-24/h4-15,22,25H,16-21H2,1-3H3,(H,31,33). The number of nitrogens with zero attached hydrogens (tertiary/aromatic N) is 1. The molecule has 33 heavy (non-hydrogen) atoms. The minimum absolute atomic E-state index is 0.0422. The van der Waals surface area contributed by atoms with Crippen LogP contribution in [0, 0.1) is 12.8 Å². The molecule has 1 aliphatic heterocycles. The molecule has 0 unspecified atom stereocenters. The Bertz CT molecular complexity index is 1050. The summed E-state index contributed by atoms with van der Waals surface area (Å²) in [5.41, 5.74) is 6.65. The molecule has 1 heterocycles. The Morgan fingerprint density at radius 1 is 0.909 bits per heavy atom. The monoisotopic (exact) mass is 440 g/mol. The molecule has 4 rings (SSSR count). The minimum Gasteiger partial charge on any atom is -0.321 e. The van der Waals surface area contributed by atoms with Crippen molar-refractivity contribution in [3.8, 4) is 0 Å². The molecule has 3 aromatic rings. The summed E-state index contributed by atoms with van der Waals surface area (Å²) in [5, 5.41) is 3.15. The van der Waals surface area contributed by atoms with Gasteiger partial charge < -0.3 is 5.32 Å². The SMILES string of the molecule is Cc1cccc(C(C)C)c1NC(=O)c1ccc(CN2CCC(Cc3ccccc3)CC2)cc1. The van der Waals surface area contributed by atoms with Crippen LogP contribution in [0.3, 0.4) is 0 Å². The third-order valence-electron chi connectivity index (χ3n) is 6.86. The molecule has 0 atom stereocenters. The summed E-state index contributed by atoms with van der Waals surface area (Å²) in [6, 6.07) is 25.2. The van der Waals surface area contributed by atoms with Gasteiger partial charge >= 0.3 is 0 Å². The van der Waals surface area contributed by atoms with Gasteiger partial charge in [0.15, 0.2) is 0 Å². The van der Waals surface area contributed by atoms with Crippen LogP contribution < -0.4 is 5.32 Å². The maximum atomic E-state index is 12.9. The van der Waals surface area contributed by atoms with Crippen molar-refractivity contribution in [2.45, 2.75) is 52.5 Å². The average molecular weight is 441 g/mol. The Labute approximate surface area is 198 Å². The highest BCUT2D eigenvalue weighted by atomic mass is 16.1. The minimum atomic E-state index is -0.0422. The van der Waals surface area contributed by atoms with Crippen LogP contribution in [0.2, 0.25) is 0 Å². The normalized spacial score (nSPS) is 15.0. The number of nitrogens with one attached hydrogen (secondary N) is 1. The van der Waals surface area contributed by atoms with Gasteiger partial charge in [-0.15, -0.1) is 0 Å². The molecule has 1 aliphatic rings. The van der Waals surface area contributed by atoms with E-state index in [1.807, 2.05) is 25.1 Å². The van der Waals surface area contributed by atoms with Crippen LogP contribution in [-0.2, 0) is 13.0 Å². The molecule has 1 N–H and O–H groups in total. The zero-order valence-electron chi connectivity index (χ0n) is 20.2. The van der Waals surface area contributed by atoms with Gasteiger partial charge in [-0.3, -0.25) is 9.69 Å². The van der Waals surface area contributed by atoms with Crippen molar-refractivity contribution in [1.82, 2.24) is 4.90 Å². The molecule has 3 nitrogen and oxygen atoms in total. The van der Waals surface area contributed by atoms with Crippen molar-refractivity contribution >= 4 is 11.6 Å². The van der Waals surface area contributed by atoms with Crippen molar-refractivity contribution in [2.24, 2.45) is 5.92 Å². The highest BCUT2D eigenvalue weighted by Gasteiger charge is 2.20. The fraction of sp³-hybridized carbons (Fsp3) is 0.367. The van der Waals surface area contributed by atoms with Gasteiger partial charge in [-0.2, -0.15) is 0 Å². The molecule has 1 amide bonds. The van der Waals surface area contributed by atoms with E-state index in [1.54, 1.807) is 0 Å². The molecule has 0 aromatic heterocycles. The third-order valence-corrected chi connectivity index (χ3v) is 6.86. The average Bonchev–Trinajstić information content (AvgIpc) is 2.82. The summed E-state index contributed by atoms with van der Waals surface area (Å²) in [6.07, 6.45) is 3.70. The maximum Gasteiger partial charge on any atom is 0.255 e. The largest absolute Gasteiger partial charge is 0.321 e. The molecule has 0 radical (unpaired) electrons. The van der Waals surface area contributed by atoms with Crippen LogP contribution >= 0.6 is 0 Å². The summed E-state index contributed by atoms with van der Waals surface area (Å²) in [7, 11) is 0. The van der Waals surface area contributed by atoms with E-state index in [0.29, 0.717) is 11.5 Å². The lowest BCUT2D eigenvalue weighted by Crippen LogP contribution is -2.33. The topological polar surface area (TPSA) is 32.3 Å². The number of amides is 1. The number of carbonyl (C=O) groups excluding carboxylic acids is 1. The Hall–Kier alpha value is -2.91. The van der Waals surface area contributed by atoms with Crippen LogP contribution in [-0.4, -0.2) is 23.9 Å². The smallest absolute Gasteiger partial charge is 0.255 e. The van der Waals surface area contributed by atoms with E-state index in [-0.39, 0.29) is 5.91 Å². The second-order valence-electron chi connectivity index (χ2n) is 9.75. The molecule has 3 aromatic carbocycles. The number of anilines is 1. The summed E-state index contributed by atoms with van der Waals surface area (Å²) in [6.45, 7) is 9.60. The first-order valence-corrected chi connectivity index (χ1v) is 12.3. The molecule has 1 fully saturated rings. The Kier molecular flexibility index (Phi) is 7.61. The van der Waals surface area contributed by atoms with E-state index in [4.69, 9.17) is 0 Å². The number of hydrogen-bond donors (Lipinski definition) is 1. The molecule has 172 valence electrons. The number of para-hydroxylation sites is 1. The number of piperidine rings is 1. The first kappa shape index (κ1) is 23.3. The number of aryl methyl sites for hydroxylation is 1. The zero-order chi connectivity index (χ0) is 23.2. The number of hydrogen-bond acceptors (Lipinski definition) is 2. The van der Waals surface area contributed by atoms with Crippen LogP contribution in [0.5, 0.6) is 0 Å². The van der Waals surface area contributed by atoms with E-state index in [0.717, 1.165) is 36.8 Å². The fourth-order valence-corrected chi connectivity index (χ4v) is 4.84. The molecule has 3 heteroatoms. The molecule has 1 saturated heterocycles. The predicted molar refractivity (Wildman–Crippen MR) is 138 cm³/mol. The second kappa shape index (κ2) is 10.8. The van der Waals surface area contributed by atoms with Crippen molar-refractivity contribution in [2.75, 3.05) is 18.4 Å². The summed E-state index contributed by atoms with van der Waals surface area (Å²) in [4.78, 5) is 15.4. The van der Waals surface area contributed by atoms with Gasteiger partial charge in [0.2, 0.25) is 0 Å². The van der Waals surface area contributed by atoms with Gasteiger partial charge in [0.1, 0.15) is 0 Å². The van der Waals surface area contributed by atoms with Crippen LogP contribution in [0.1, 0.15) is 65.2 Å². The third kappa shape index (κ3) is 6.11. The molecule has 0 spiro atoms.